The normalized spacial score (nSPS) is 17.6. The van der Waals surface area contributed by atoms with Gasteiger partial charge in [0.15, 0.2) is 0 Å². The van der Waals surface area contributed by atoms with Crippen LogP contribution in [0.3, 0.4) is 0 Å². The van der Waals surface area contributed by atoms with Gasteiger partial charge in [-0.25, -0.2) is 0 Å². The molecular formula is C13H28S2. The van der Waals surface area contributed by atoms with Gasteiger partial charge in [-0.3, -0.25) is 0 Å². The van der Waals surface area contributed by atoms with Gasteiger partial charge in [0.1, 0.15) is 0 Å². The average molecular weight is 249 g/mol. The lowest BCUT2D eigenvalue weighted by Crippen LogP contribution is -2.19. The molecule has 0 aromatic rings. The molecule has 0 N–H and O–H groups in total. The Morgan fingerprint density at radius 3 is 1.20 bits per heavy atom. The van der Waals surface area contributed by atoms with Crippen molar-refractivity contribution in [3.8, 4) is 0 Å². The van der Waals surface area contributed by atoms with E-state index in [2.05, 4.69) is 78.9 Å². The summed E-state index contributed by atoms with van der Waals surface area (Å²) in [4.78, 5) is 0. The summed E-state index contributed by atoms with van der Waals surface area (Å²) in [6, 6.07) is 0. The van der Waals surface area contributed by atoms with Crippen LogP contribution in [0.4, 0.5) is 0 Å². The molecule has 0 bridgehead atoms. The molecule has 0 amide bonds. The maximum Gasteiger partial charge on any atom is 0.00777 e. The molecule has 0 aliphatic heterocycles. The van der Waals surface area contributed by atoms with Gasteiger partial charge < -0.3 is 0 Å². The number of thioether (sulfide) groups is 2. The van der Waals surface area contributed by atoms with Crippen molar-refractivity contribution in [2.24, 2.45) is 0 Å². The summed E-state index contributed by atoms with van der Waals surface area (Å²) in [5.41, 5.74) is 0. The van der Waals surface area contributed by atoms with Crippen molar-refractivity contribution in [2.45, 2.75) is 81.8 Å². The Kier molecular flexibility index (Phi) is 6.13. The summed E-state index contributed by atoms with van der Waals surface area (Å²) in [7, 11) is 0. The Bertz CT molecular complexity index is 154. The quantitative estimate of drug-likeness (QED) is 0.669. The first kappa shape index (κ1) is 15.7. The lowest BCUT2D eigenvalue weighted by Gasteiger charge is -2.28. The third kappa shape index (κ3) is 11.0. The summed E-state index contributed by atoms with van der Waals surface area (Å²) < 4.78 is 0.789. The first-order valence-electron chi connectivity index (χ1n) is 5.85. The van der Waals surface area contributed by atoms with Gasteiger partial charge in [0.2, 0.25) is 0 Å². The lowest BCUT2D eigenvalue weighted by atomic mass is 10.2. The van der Waals surface area contributed by atoms with Crippen LogP contribution in [-0.4, -0.2) is 20.0 Å². The third-order valence-corrected chi connectivity index (χ3v) is 4.38. The van der Waals surface area contributed by atoms with Crippen LogP contribution >= 0.6 is 23.5 Å². The van der Waals surface area contributed by atoms with Crippen LogP contribution < -0.4 is 0 Å². The highest BCUT2D eigenvalue weighted by Crippen LogP contribution is 2.35. The molecule has 0 heterocycles. The van der Waals surface area contributed by atoms with E-state index in [9.17, 15) is 0 Å². The average Bonchev–Trinajstić information content (AvgIpc) is 1.73. The first-order valence-corrected chi connectivity index (χ1v) is 7.61. The molecule has 0 nitrogen and oxygen atoms in total. The molecule has 92 valence electrons. The highest BCUT2D eigenvalue weighted by Gasteiger charge is 2.21. The van der Waals surface area contributed by atoms with Crippen molar-refractivity contribution < 1.29 is 0 Å². The Balaban J connectivity index is 3.92. The van der Waals surface area contributed by atoms with E-state index in [0.29, 0.717) is 9.49 Å². The Morgan fingerprint density at radius 2 is 1.00 bits per heavy atom. The van der Waals surface area contributed by atoms with Gasteiger partial charge >= 0.3 is 0 Å². The van der Waals surface area contributed by atoms with Crippen LogP contribution in [0.15, 0.2) is 0 Å². The van der Waals surface area contributed by atoms with E-state index in [1.165, 1.54) is 6.42 Å². The van der Waals surface area contributed by atoms with Crippen LogP contribution in [-0.2, 0) is 0 Å². The zero-order chi connectivity index (χ0) is 12.3. The molecule has 2 heteroatoms. The predicted octanol–water partition coefficient (Wildman–Crippen LogP) is 5.22. The molecule has 0 rings (SSSR count). The van der Waals surface area contributed by atoms with Crippen molar-refractivity contribution in [1.82, 2.24) is 0 Å². The second kappa shape index (κ2) is 5.86. The minimum Gasteiger partial charge on any atom is -0.153 e. The maximum absolute atomic E-state index is 2.36. The van der Waals surface area contributed by atoms with Gasteiger partial charge in [-0.2, -0.15) is 23.5 Å². The molecule has 0 saturated carbocycles. The molecule has 0 radical (unpaired) electrons. The van der Waals surface area contributed by atoms with Crippen molar-refractivity contribution in [1.29, 1.82) is 0 Å². The molecule has 0 aromatic heterocycles. The molecule has 0 fully saturated rings. The van der Waals surface area contributed by atoms with Crippen LogP contribution in [0.2, 0.25) is 0 Å². The molecule has 0 aliphatic carbocycles. The van der Waals surface area contributed by atoms with Crippen LogP contribution in [0.25, 0.3) is 0 Å². The second-order valence-corrected chi connectivity index (χ2v) is 10.8. The van der Waals surface area contributed by atoms with E-state index in [4.69, 9.17) is 0 Å². The van der Waals surface area contributed by atoms with E-state index in [-0.39, 0.29) is 0 Å². The third-order valence-electron chi connectivity index (χ3n) is 1.77. The summed E-state index contributed by atoms with van der Waals surface area (Å²) in [5, 5.41) is 1.52. The second-order valence-electron chi connectivity index (χ2n) is 6.32. The molecule has 15 heavy (non-hydrogen) atoms. The van der Waals surface area contributed by atoms with Crippen molar-refractivity contribution in [2.75, 3.05) is 0 Å². The topological polar surface area (TPSA) is 0 Å². The summed E-state index contributed by atoms with van der Waals surface area (Å²) in [6.45, 7) is 18.5. The first-order chi connectivity index (χ1) is 6.49. The molecule has 0 aromatic carbocycles. The van der Waals surface area contributed by atoms with Gasteiger partial charge in [-0.15, -0.1) is 0 Å². The number of hydrogen-bond acceptors (Lipinski definition) is 2. The fourth-order valence-electron chi connectivity index (χ4n) is 1.77. The summed E-state index contributed by atoms with van der Waals surface area (Å²) in [5.74, 6) is 0. The van der Waals surface area contributed by atoms with E-state index in [0.717, 1.165) is 10.5 Å². The van der Waals surface area contributed by atoms with E-state index >= 15 is 0 Å². The molecule has 0 aliphatic rings. The fraction of sp³-hybridized carbons (Fsp3) is 1.00. The van der Waals surface area contributed by atoms with Crippen LogP contribution in [0, 0.1) is 0 Å². The largest absolute Gasteiger partial charge is 0.153 e. The zero-order valence-electron chi connectivity index (χ0n) is 11.7. The van der Waals surface area contributed by atoms with Gasteiger partial charge in [0.05, 0.1) is 0 Å². The molecule has 2 atom stereocenters. The van der Waals surface area contributed by atoms with Gasteiger partial charge in [-0.05, 0) is 6.42 Å². The zero-order valence-corrected chi connectivity index (χ0v) is 13.3. The minimum absolute atomic E-state index is 0.394. The Hall–Kier alpha value is 0.700. The van der Waals surface area contributed by atoms with E-state index in [1.54, 1.807) is 0 Å². The predicted molar refractivity (Wildman–Crippen MR) is 78.2 cm³/mol. The lowest BCUT2D eigenvalue weighted by molar-refractivity contribution is 0.740. The van der Waals surface area contributed by atoms with Crippen LogP contribution in [0.5, 0.6) is 0 Å². The number of hydrogen-bond donors (Lipinski definition) is 0. The van der Waals surface area contributed by atoms with Crippen molar-refractivity contribution in [3.63, 3.8) is 0 Å². The molecule has 0 unspecified atom stereocenters. The van der Waals surface area contributed by atoms with E-state index < -0.39 is 0 Å². The Morgan fingerprint density at radius 1 is 0.733 bits per heavy atom. The van der Waals surface area contributed by atoms with E-state index in [1.807, 2.05) is 0 Å². The minimum atomic E-state index is 0.394. The fourth-order valence-corrected chi connectivity index (χ4v) is 5.08. The molecule has 0 spiro atoms. The summed E-state index contributed by atoms with van der Waals surface area (Å²) in [6.07, 6.45) is 1.31. The SMILES string of the molecule is C[C@@H](C[C@H](C)SC(C)(C)C)SC(C)(C)C. The Labute approximate surface area is 105 Å². The molecule has 0 saturated heterocycles. The number of rotatable bonds is 4. The standard InChI is InChI=1S/C13H28S2/c1-10(14-12(3,4)5)9-11(2)15-13(6,7)8/h10-11H,9H2,1-8H3/t10-,11-/m0/s1. The molecular weight excluding hydrogens is 220 g/mol. The van der Waals surface area contributed by atoms with Gasteiger partial charge in [0.25, 0.3) is 0 Å². The smallest absolute Gasteiger partial charge is 0.00777 e. The monoisotopic (exact) mass is 248 g/mol. The van der Waals surface area contributed by atoms with Gasteiger partial charge in [-0.1, -0.05) is 55.4 Å². The van der Waals surface area contributed by atoms with Gasteiger partial charge in [0, 0.05) is 20.0 Å². The summed E-state index contributed by atoms with van der Waals surface area (Å²) >= 11 is 4.20. The van der Waals surface area contributed by atoms with Crippen molar-refractivity contribution >= 4 is 23.5 Å². The maximum atomic E-state index is 2.36. The van der Waals surface area contributed by atoms with Crippen molar-refractivity contribution in [3.05, 3.63) is 0 Å². The van der Waals surface area contributed by atoms with Crippen LogP contribution in [0.1, 0.15) is 61.8 Å². The highest BCUT2D eigenvalue weighted by atomic mass is 32.2. The highest BCUT2D eigenvalue weighted by molar-refractivity contribution is 8.02.